The SMILES string of the molecule is CCc1ccc(SC)c(C(=O)c2ccccc2)c1. The molecular formula is C16H16OS. The van der Waals surface area contributed by atoms with Crippen molar-refractivity contribution in [3.63, 3.8) is 0 Å². The fourth-order valence-electron chi connectivity index (χ4n) is 1.90. The van der Waals surface area contributed by atoms with Gasteiger partial charge in [-0.2, -0.15) is 0 Å². The van der Waals surface area contributed by atoms with E-state index in [1.54, 1.807) is 11.8 Å². The number of rotatable bonds is 4. The fraction of sp³-hybridized carbons (Fsp3) is 0.188. The van der Waals surface area contributed by atoms with Crippen molar-refractivity contribution in [1.29, 1.82) is 0 Å². The second-order valence-corrected chi connectivity index (χ2v) is 4.93. The third-order valence-electron chi connectivity index (χ3n) is 2.95. The number of hydrogen-bond acceptors (Lipinski definition) is 2. The molecular weight excluding hydrogens is 240 g/mol. The van der Waals surface area contributed by atoms with E-state index < -0.39 is 0 Å². The van der Waals surface area contributed by atoms with Gasteiger partial charge in [0.1, 0.15) is 0 Å². The first-order chi connectivity index (χ1) is 8.76. The second-order valence-electron chi connectivity index (χ2n) is 4.08. The lowest BCUT2D eigenvalue weighted by Crippen LogP contribution is -2.03. The van der Waals surface area contributed by atoms with Crippen molar-refractivity contribution in [2.75, 3.05) is 6.26 Å². The summed E-state index contributed by atoms with van der Waals surface area (Å²) in [5, 5.41) is 0. The Balaban J connectivity index is 2.46. The molecule has 0 saturated carbocycles. The minimum atomic E-state index is 0.107. The summed E-state index contributed by atoms with van der Waals surface area (Å²) in [4.78, 5) is 13.5. The number of thioether (sulfide) groups is 1. The van der Waals surface area contributed by atoms with Crippen LogP contribution in [0.1, 0.15) is 28.4 Å². The van der Waals surface area contributed by atoms with Crippen LogP contribution in [0.4, 0.5) is 0 Å². The molecule has 2 aromatic carbocycles. The van der Waals surface area contributed by atoms with E-state index in [1.807, 2.05) is 48.7 Å². The molecule has 0 aromatic heterocycles. The monoisotopic (exact) mass is 256 g/mol. The van der Waals surface area contributed by atoms with Crippen molar-refractivity contribution in [3.8, 4) is 0 Å². The van der Waals surface area contributed by atoms with E-state index in [0.29, 0.717) is 0 Å². The minimum absolute atomic E-state index is 0.107. The molecule has 0 radical (unpaired) electrons. The first-order valence-electron chi connectivity index (χ1n) is 6.03. The van der Waals surface area contributed by atoms with Gasteiger partial charge < -0.3 is 0 Å². The van der Waals surface area contributed by atoms with E-state index in [2.05, 4.69) is 13.0 Å². The lowest BCUT2D eigenvalue weighted by Gasteiger charge is -2.08. The number of ketones is 1. The van der Waals surface area contributed by atoms with Crippen molar-refractivity contribution in [3.05, 3.63) is 65.2 Å². The molecule has 0 aliphatic carbocycles. The summed E-state index contributed by atoms with van der Waals surface area (Å²) in [6, 6.07) is 15.6. The Morgan fingerprint density at radius 3 is 2.44 bits per heavy atom. The Bertz CT molecular complexity index is 546. The first kappa shape index (κ1) is 12.9. The van der Waals surface area contributed by atoms with Crippen LogP contribution in [0.5, 0.6) is 0 Å². The Morgan fingerprint density at radius 2 is 1.83 bits per heavy atom. The highest BCUT2D eigenvalue weighted by Crippen LogP contribution is 2.24. The minimum Gasteiger partial charge on any atom is -0.289 e. The van der Waals surface area contributed by atoms with E-state index in [-0.39, 0.29) is 5.78 Å². The van der Waals surface area contributed by atoms with Crippen molar-refractivity contribution < 1.29 is 4.79 Å². The van der Waals surface area contributed by atoms with E-state index in [0.717, 1.165) is 22.4 Å². The Hall–Kier alpha value is -1.54. The Labute approximate surface area is 112 Å². The normalized spacial score (nSPS) is 10.3. The topological polar surface area (TPSA) is 17.1 Å². The molecule has 1 nitrogen and oxygen atoms in total. The standard InChI is InChI=1S/C16H16OS/c1-3-12-9-10-15(18-2)14(11-12)16(17)13-7-5-4-6-8-13/h4-11H,3H2,1-2H3. The highest BCUT2D eigenvalue weighted by atomic mass is 32.2. The maximum absolute atomic E-state index is 12.5. The molecule has 0 bridgehead atoms. The molecule has 0 N–H and O–H groups in total. The predicted octanol–water partition coefficient (Wildman–Crippen LogP) is 4.20. The van der Waals surface area contributed by atoms with Crippen LogP contribution in [0, 0.1) is 0 Å². The molecule has 0 saturated heterocycles. The van der Waals surface area contributed by atoms with Gasteiger partial charge in [-0.05, 0) is 30.4 Å². The molecule has 0 atom stereocenters. The van der Waals surface area contributed by atoms with E-state index in [1.165, 1.54) is 5.56 Å². The van der Waals surface area contributed by atoms with Crippen molar-refractivity contribution in [2.45, 2.75) is 18.2 Å². The predicted molar refractivity (Wildman–Crippen MR) is 77.5 cm³/mol. The summed E-state index contributed by atoms with van der Waals surface area (Å²) in [6.45, 7) is 2.10. The lowest BCUT2D eigenvalue weighted by atomic mass is 10.0. The summed E-state index contributed by atoms with van der Waals surface area (Å²) in [5.41, 5.74) is 2.76. The number of aryl methyl sites for hydroxylation is 1. The Kier molecular flexibility index (Phi) is 4.21. The summed E-state index contributed by atoms with van der Waals surface area (Å²) < 4.78 is 0. The third-order valence-corrected chi connectivity index (χ3v) is 3.75. The van der Waals surface area contributed by atoms with E-state index in [4.69, 9.17) is 0 Å². The smallest absolute Gasteiger partial charge is 0.194 e. The molecule has 2 heteroatoms. The molecule has 0 spiro atoms. The van der Waals surface area contributed by atoms with Crippen LogP contribution in [0.25, 0.3) is 0 Å². The van der Waals surface area contributed by atoms with Gasteiger partial charge in [-0.1, -0.05) is 43.3 Å². The van der Waals surface area contributed by atoms with Gasteiger partial charge in [0.2, 0.25) is 0 Å². The highest BCUT2D eigenvalue weighted by Gasteiger charge is 2.13. The third kappa shape index (κ3) is 2.65. The van der Waals surface area contributed by atoms with Gasteiger partial charge in [0, 0.05) is 16.0 Å². The zero-order valence-electron chi connectivity index (χ0n) is 10.6. The largest absolute Gasteiger partial charge is 0.289 e. The van der Waals surface area contributed by atoms with Crippen molar-refractivity contribution in [1.82, 2.24) is 0 Å². The van der Waals surface area contributed by atoms with Gasteiger partial charge in [-0.15, -0.1) is 11.8 Å². The van der Waals surface area contributed by atoms with Crippen LogP contribution >= 0.6 is 11.8 Å². The molecule has 0 heterocycles. The second kappa shape index (κ2) is 5.87. The maximum Gasteiger partial charge on any atom is 0.194 e. The number of carbonyl (C=O) groups excluding carboxylic acids is 1. The van der Waals surface area contributed by atoms with Crippen molar-refractivity contribution >= 4 is 17.5 Å². The molecule has 2 rings (SSSR count). The van der Waals surface area contributed by atoms with Gasteiger partial charge >= 0.3 is 0 Å². The Morgan fingerprint density at radius 1 is 1.11 bits per heavy atom. The van der Waals surface area contributed by atoms with Gasteiger partial charge in [0.15, 0.2) is 5.78 Å². The summed E-state index contributed by atoms with van der Waals surface area (Å²) in [7, 11) is 0. The summed E-state index contributed by atoms with van der Waals surface area (Å²) in [5.74, 6) is 0.107. The van der Waals surface area contributed by atoms with Gasteiger partial charge in [0.05, 0.1) is 0 Å². The number of carbonyl (C=O) groups is 1. The van der Waals surface area contributed by atoms with Crippen LogP contribution in [-0.4, -0.2) is 12.0 Å². The van der Waals surface area contributed by atoms with E-state index in [9.17, 15) is 4.79 Å². The van der Waals surface area contributed by atoms with E-state index >= 15 is 0 Å². The molecule has 92 valence electrons. The molecule has 0 unspecified atom stereocenters. The zero-order chi connectivity index (χ0) is 13.0. The quantitative estimate of drug-likeness (QED) is 0.602. The fourth-order valence-corrected chi connectivity index (χ4v) is 2.47. The molecule has 0 amide bonds. The summed E-state index contributed by atoms with van der Waals surface area (Å²) in [6.07, 6.45) is 2.95. The van der Waals surface area contributed by atoms with Crippen LogP contribution in [-0.2, 0) is 6.42 Å². The average Bonchev–Trinajstić information content (AvgIpc) is 2.46. The first-order valence-corrected chi connectivity index (χ1v) is 7.25. The summed E-state index contributed by atoms with van der Waals surface area (Å²) >= 11 is 1.62. The maximum atomic E-state index is 12.5. The average molecular weight is 256 g/mol. The number of hydrogen-bond donors (Lipinski definition) is 0. The van der Waals surface area contributed by atoms with Crippen LogP contribution in [0.3, 0.4) is 0 Å². The number of benzene rings is 2. The highest BCUT2D eigenvalue weighted by molar-refractivity contribution is 7.98. The molecule has 18 heavy (non-hydrogen) atoms. The van der Waals surface area contributed by atoms with Crippen molar-refractivity contribution in [2.24, 2.45) is 0 Å². The van der Waals surface area contributed by atoms with Crippen LogP contribution < -0.4 is 0 Å². The lowest BCUT2D eigenvalue weighted by molar-refractivity contribution is 0.103. The van der Waals surface area contributed by atoms with Crippen LogP contribution in [0.15, 0.2) is 53.4 Å². The molecule has 2 aromatic rings. The van der Waals surface area contributed by atoms with Gasteiger partial charge in [-0.25, -0.2) is 0 Å². The molecule has 0 aliphatic heterocycles. The molecule has 0 fully saturated rings. The van der Waals surface area contributed by atoms with Crippen LogP contribution in [0.2, 0.25) is 0 Å². The van der Waals surface area contributed by atoms with Gasteiger partial charge in [-0.3, -0.25) is 4.79 Å². The zero-order valence-corrected chi connectivity index (χ0v) is 11.5. The molecule has 0 aliphatic rings. The van der Waals surface area contributed by atoms with Gasteiger partial charge in [0.25, 0.3) is 0 Å².